The molecular weight excluding hydrogens is 282 g/mol. The Balaban J connectivity index is 1.53. The van der Waals surface area contributed by atoms with E-state index in [-0.39, 0.29) is 30.5 Å². The van der Waals surface area contributed by atoms with Gasteiger partial charge in [-0.2, -0.15) is 0 Å². The second-order valence-electron chi connectivity index (χ2n) is 5.93. The summed E-state index contributed by atoms with van der Waals surface area (Å²) in [4.78, 5) is 23.8. The second kappa shape index (κ2) is 6.92. The number of nitrogens with one attached hydrogen (secondary N) is 1. The molecular formula is C17H21NO4. The highest BCUT2D eigenvalue weighted by Crippen LogP contribution is 2.30. The van der Waals surface area contributed by atoms with Crippen LogP contribution >= 0.6 is 0 Å². The predicted molar refractivity (Wildman–Crippen MR) is 81.7 cm³/mol. The number of carbonyl (C=O) groups is 2. The standard InChI is InChI=1S/C17H21NO4/c19-16(12-7-8-12)18-14-5-3-4-13(10-14)17(20)22-11-15-6-1-2-9-21-15/h3-5,10,12,15H,1-2,6-9,11H2,(H,18,19). The molecule has 22 heavy (non-hydrogen) atoms. The lowest BCUT2D eigenvalue weighted by Crippen LogP contribution is -2.26. The lowest BCUT2D eigenvalue weighted by molar-refractivity contribution is -0.117. The quantitative estimate of drug-likeness (QED) is 0.850. The summed E-state index contributed by atoms with van der Waals surface area (Å²) in [5, 5.41) is 2.83. The largest absolute Gasteiger partial charge is 0.459 e. The average Bonchev–Trinajstić information content (AvgIpc) is 3.39. The Morgan fingerprint density at radius 2 is 2.09 bits per heavy atom. The van der Waals surface area contributed by atoms with Crippen molar-refractivity contribution in [2.45, 2.75) is 38.2 Å². The number of hydrogen-bond acceptors (Lipinski definition) is 4. The molecule has 0 bridgehead atoms. The molecule has 1 aliphatic heterocycles. The smallest absolute Gasteiger partial charge is 0.338 e. The second-order valence-corrected chi connectivity index (χ2v) is 5.93. The summed E-state index contributed by atoms with van der Waals surface area (Å²) in [6.45, 7) is 1.03. The number of hydrogen-bond donors (Lipinski definition) is 1. The number of anilines is 1. The van der Waals surface area contributed by atoms with Gasteiger partial charge in [0.25, 0.3) is 0 Å². The van der Waals surface area contributed by atoms with Gasteiger partial charge in [-0.1, -0.05) is 6.07 Å². The van der Waals surface area contributed by atoms with Crippen LogP contribution in [0.3, 0.4) is 0 Å². The molecule has 5 nitrogen and oxygen atoms in total. The molecule has 2 fully saturated rings. The molecule has 118 valence electrons. The van der Waals surface area contributed by atoms with Crippen LogP contribution in [-0.2, 0) is 14.3 Å². The molecule has 1 atom stereocenters. The zero-order valence-electron chi connectivity index (χ0n) is 12.5. The molecule has 1 saturated heterocycles. The number of amides is 1. The molecule has 1 aromatic carbocycles. The Hall–Kier alpha value is -1.88. The number of esters is 1. The summed E-state index contributed by atoms with van der Waals surface area (Å²) in [5.41, 5.74) is 1.09. The van der Waals surface area contributed by atoms with E-state index < -0.39 is 0 Å². The van der Waals surface area contributed by atoms with Crippen LogP contribution < -0.4 is 5.32 Å². The van der Waals surface area contributed by atoms with Crippen molar-refractivity contribution in [1.29, 1.82) is 0 Å². The third-order valence-corrected chi connectivity index (χ3v) is 3.99. The van der Waals surface area contributed by atoms with Gasteiger partial charge in [-0.15, -0.1) is 0 Å². The van der Waals surface area contributed by atoms with Crippen LogP contribution in [0.15, 0.2) is 24.3 Å². The first kappa shape index (κ1) is 15.0. The molecule has 3 rings (SSSR count). The topological polar surface area (TPSA) is 64.6 Å². The molecule has 1 heterocycles. The van der Waals surface area contributed by atoms with Gasteiger partial charge in [0.15, 0.2) is 0 Å². The van der Waals surface area contributed by atoms with E-state index in [1.54, 1.807) is 24.3 Å². The zero-order valence-corrected chi connectivity index (χ0v) is 12.5. The summed E-state index contributed by atoms with van der Waals surface area (Å²) in [7, 11) is 0. The first-order chi connectivity index (χ1) is 10.7. The molecule has 1 N–H and O–H groups in total. The van der Waals surface area contributed by atoms with E-state index >= 15 is 0 Å². The first-order valence-electron chi connectivity index (χ1n) is 7.92. The highest BCUT2D eigenvalue weighted by atomic mass is 16.6. The van der Waals surface area contributed by atoms with Crippen molar-refractivity contribution in [2.24, 2.45) is 5.92 Å². The Labute approximate surface area is 130 Å². The van der Waals surface area contributed by atoms with E-state index in [0.29, 0.717) is 11.3 Å². The highest BCUT2D eigenvalue weighted by molar-refractivity contribution is 5.96. The summed E-state index contributed by atoms with van der Waals surface area (Å²) >= 11 is 0. The summed E-state index contributed by atoms with van der Waals surface area (Å²) in [6, 6.07) is 6.87. The summed E-state index contributed by atoms with van der Waals surface area (Å²) in [6.07, 6.45) is 5.04. The van der Waals surface area contributed by atoms with E-state index in [1.807, 2.05) is 0 Å². The van der Waals surface area contributed by atoms with Crippen LogP contribution in [0.1, 0.15) is 42.5 Å². The predicted octanol–water partition coefficient (Wildman–Crippen LogP) is 2.76. The highest BCUT2D eigenvalue weighted by Gasteiger charge is 2.29. The normalized spacial score (nSPS) is 21.2. The minimum atomic E-state index is -0.378. The molecule has 5 heteroatoms. The zero-order chi connectivity index (χ0) is 15.4. The fourth-order valence-electron chi connectivity index (χ4n) is 2.50. The van der Waals surface area contributed by atoms with Crippen molar-refractivity contribution in [3.05, 3.63) is 29.8 Å². The number of ether oxygens (including phenoxy) is 2. The molecule has 0 radical (unpaired) electrons. The van der Waals surface area contributed by atoms with Gasteiger partial charge in [-0.05, 0) is 50.3 Å². The molecule has 1 saturated carbocycles. The van der Waals surface area contributed by atoms with Crippen molar-refractivity contribution < 1.29 is 19.1 Å². The van der Waals surface area contributed by atoms with Crippen molar-refractivity contribution in [1.82, 2.24) is 0 Å². The molecule has 0 aromatic heterocycles. The Bertz CT molecular complexity index is 547. The van der Waals surface area contributed by atoms with Crippen molar-refractivity contribution >= 4 is 17.6 Å². The minimum absolute atomic E-state index is 0.00968. The fraction of sp³-hybridized carbons (Fsp3) is 0.529. The Kier molecular flexibility index (Phi) is 4.73. The average molecular weight is 303 g/mol. The van der Waals surface area contributed by atoms with Crippen LogP contribution in [0.5, 0.6) is 0 Å². The SMILES string of the molecule is O=C(OCC1CCCCO1)c1cccc(NC(=O)C2CC2)c1. The first-order valence-corrected chi connectivity index (χ1v) is 7.92. The van der Waals surface area contributed by atoms with Crippen LogP contribution in [0.25, 0.3) is 0 Å². The number of rotatable bonds is 5. The van der Waals surface area contributed by atoms with E-state index in [2.05, 4.69) is 5.32 Å². The molecule has 1 aliphatic carbocycles. The van der Waals surface area contributed by atoms with Gasteiger partial charge in [-0.3, -0.25) is 4.79 Å². The maximum Gasteiger partial charge on any atom is 0.338 e. The van der Waals surface area contributed by atoms with Gasteiger partial charge in [-0.25, -0.2) is 4.79 Å². The van der Waals surface area contributed by atoms with Crippen molar-refractivity contribution in [3.8, 4) is 0 Å². The van der Waals surface area contributed by atoms with Gasteiger partial charge in [0.05, 0.1) is 11.7 Å². The van der Waals surface area contributed by atoms with Gasteiger partial charge >= 0.3 is 5.97 Å². The Morgan fingerprint density at radius 1 is 1.23 bits per heavy atom. The monoisotopic (exact) mass is 303 g/mol. The van der Waals surface area contributed by atoms with Crippen molar-refractivity contribution in [2.75, 3.05) is 18.5 Å². The van der Waals surface area contributed by atoms with Crippen LogP contribution in [0, 0.1) is 5.92 Å². The van der Waals surface area contributed by atoms with E-state index in [4.69, 9.17) is 9.47 Å². The van der Waals surface area contributed by atoms with E-state index in [0.717, 1.165) is 38.7 Å². The maximum atomic E-state index is 12.1. The van der Waals surface area contributed by atoms with Gasteiger partial charge < -0.3 is 14.8 Å². The molecule has 1 unspecified atom stereocenters. The molecule has 1 amide bonds. The van der Waals surface area contributed by atoms with Crippen LogP contribution in [0.4, 0.5) is 5.69 Å². The van der Waals surface area contributed by atoms with Crippen molar-refractivity contribution in [3.63, 3.8) is 0 Å². The van der Waals surface area contributed by atoms with Gasteiger partial charge in [0.1, 0.15) is 6.61 Å². The molecule has 0 spiro atoms. The lowest BCUT2D eigenvalue weighted by atomic mass is 10.1. The number of benzene rings is 1. The number of carbonyl (C=O) groups excluding carboxylic acids is 2. The van der Waals surface area contributed by atoms with E-state index in [9.17, 15) is 9.59 Å². The lowest BCUT2D eigenvalue weighted by Gasteiger charge is -2.22. The minimum Gasteiger partial charge on any atom is -0.459 e. The van der Waals surface area contributed by atoms with Gasteiger partial charge in [0, 0.05) is 18.2 Å². The molecule has 1 aromatic rings. The molecule has 2 aliphatic rings. The van der Waals surface area contributed by atoms with E-state index in [1.165, 1.54) is 0 Å². The third-order valence-electron chi connectivity index (χ3n) is 3.99. The van der Waals surface area contributed by atoms with Crippen LogP contribution in [0.2, 0.25) is 0 Å². The Morgan fingerprint density at radius 3 is 2.82 bits per heavy atom. The third kappa shape index (κ3) is 4.07. The van der Waals surface area contributed by atoms with Gasteiger partial charge in [0.2, 0.25) is 5.91 Å². The maximum absolute atomic E-state index is 12.1. The summed E-state index contributed by atoms with van der Waals surface area (Å²) < 4.78 is 10.9. The summed E-state index contributed by atoms with van der Waals surface area (Å²) in [5.74, 6) is -0.211. The fourth-order valence-corrected chi connectivity index (χ4v) is 2.50. The van der Waals surface area contributed by atoms with Crippen LogP contribution in [-0.4, -0.2) is 31.2 Å².